The van der Waals surface area contributed by atoms with Gasteiger partial charge in [0.2, 0.25) is 5.88 Å². The fourth-order valence-corrected chi connectivity index (χ4v) is 5.53. The van der Waals surface area contributed by atoms with E-state index in [1.54, 1.807) is 67.0 Å². The normalized spacial score (nSPS) is 17.3. The van der Waals surface area contributed by atoms with Gasteiger partial charge in [0, 0.05) is 30.9 Å². The average Bonchev–Trinajstić information content (AvgIpc) is 2.94. The second kappa shape index (κ2) is 11.6. The molecule has 5 rings (SSSR count). The number of hydrogen-bond donors (Lipinski definition) is 1. The number of carboxylic acid groups (broad SMARTS) is 1. The van der Waals surface area contributed by atoms with E-state index in [0.717, 1.165) is 0 Å². The maximum Gasteiger partial charge on any atom is 0.307 e. The molecule has 2 aliphatic rings. The van der Waals surface area contributed by atoms with Gasteiger partial charge in [-0.15, -0.1) is 0 Å². The molecule has 3 heterocycles. The number of piperidine rings is 1. The maximum atomic E-state index is 15.4. The lowest BCUT2D eigenvalue weighted by Gasteiger charge is -2.44. The minimum Gasteiger partial charge on any atom is -0.489 e. The van der Waals surface area contributed by atoms with Crippen molar-refractivity contribution in [1.82, 2.24) is 9.88 Å². The van der Waals surface area contributed by atoms with Gasteiger partial charge in [-0.1, -0.05) is 35.9 Å². The zero-order valence-corrected chi connectivity index (χ0v) is 24.2. The smallest absolute Gasteiger partial charge is 0.307 e. The zero-order chi connectivity index (χ0) is 30.2. The van der Waals surface area contributed by atoms with Crippen molar-refractivity contribution in [1.29, 1.82) is 0 Å². The Morgan fingerprint density at radius 3 is 2.60 bits per heavy atom. The van der Waals surface area contributed by atoms with Gasteiger partial charge in [0.05, 0.1) is 17.0 Å². The average molecular weight is 596 g/mol. The highest BCUT2D eigenvalue weighted by molar-refractivity contribution is 6.31. The largest absolute Gasteiger partial charge is 0.489 e. The maximum absolute atomic E-state index is 15.4. The van der Waals surface area contributed by atoms with E-state index < -0.39 is 29.4 Å². The van der Waals surface area contributed by atoms with Gasteiger partial charge in [0.25, 0.3) is 11.8 Å². The standard InChI is InChI=1S/C31H31ClFN3O6/c1-18(14-27(37)38)41-26-7-5-4-6-22(26)19-8-9-23(24(33)15-19)29(39)35-12-10-21(11-13-35)36-25-16-20(32)17-34-28(25)42-31(2,3)30(36)40/h4-9,15-18,21H,10-14H2,1-3H3,(H,37,38)/t18-/m1/s1. The minimum absolute atomic E-state index is 0.0558. The summed E-state index contributed by atoms with van der Waals surface area (Å²) < 4.78 is 27.0. The molecule has 0 spiro atoms. The molecular weight excluding hydrogens is 565 g/mol. The Kier molecular flexibility index (Phi) is 8.10. The van der Waals surface area contributed by atoms with Crippen LogP contribution in [-0.2, 0) is 9.59 Å². The van der Waals surface area contributed by atoms with Crippen LogP contribution < -0.4 is 14.4 Å². The van der Waals surface area contributed by atoms with Gasteiger partial charge in [-0.3, -0.25) is 14.4 Å². The number of anilines is 1. The lowest BCUT2D eigenvalue weighted by molar-refractivity contribution is -0.138. The van der Waals surface area contributed by atoms with E-state index in [1.165, 1.54) is 18.3 Å². The molecule has 2 aromatic carbocycles. The van der Waals surface area contributed by atoms with Crippen molar-refractivity contribution in [2.75, 3.05) is 18.0 Å². The summed E-state index contributed by atoms with van der Waals surface area (Å²) in [5.41, 5.74) is 0.421. The van der Waals surface area contributed by atoms with Gasteiger partial charge < -0.3 is 24.4 Å². The van der Waals surface area contributed by atoms with Gasteiger partial charge >= 0.3 is 5.97 Å². The van der Waals surface area contributed by atoms with E-state index in [0.29, 0.717) is 59.4 Å². The van der Waals surface area contributed by atoms with Crippen LogP contribution in [0.15, 0.2) is 54.7 Å². The summed E-state index contributed by atoms with van der Waals surface area (Å²) in [5, 5.41) is 9.42. The lowest BCUT2D eigenvalue weighted by Crippen LogP contribution is -2.58. The number of ether oxygens (including phenoxy) is 2. The molecule has 3 aromatic rings. The van der Waals surface area contributed by atoms with E-state index in [9.17, 15) is 14.4 Å². The molecule has 0 bridgehead atoms. The number of pyridine rings is 1. The van der Waals surface area contributed by atoms with Crippen molar-refractivity contribution in [2.45, 2.75) is 57.8 Å². The van der Waals surface area contributed by atoms with Crippen LogP contribution in [0, 0.1) is 5.82 Å². The highest BCUT2D eigenvalue weighted by atomic mass is 35.5. The number of amides is 2. The van der Waals surface area contributed by atoms with Gasteiger partial charge in [-0.25, -0.2) is 9.37 Å². The molecule has 1 atom stereocenters. The quantitative estimate of drug-likeness (QED) is 0.379. The van der Waals surface area contributed by atoms with Crippen LogP contribution >= 0.6 is 11.6 Å². The summed E-state index contributed by atoms with van der Waals surface area (Å²) in [6, 6.07) is 12.8. The third-order valence-electron chi connectivity index (χ3n) is 7.45. The molecular formula is C31H31ClFN3O6. The number of fused-ring (bicyclic) bond motifs is 1. The first-order valence-corrected chi connectivity index (χ1v) is 14.1. The first kappa shape index (κ1) is 29.3. The first-order valence-electron chi connectivity index (χ1n) is 13.7. The number of hydrogen-bond acceptors (Lipinski definition) is 6. The highest BCUT2D eigenvalue weighted by Crippen LogP contribution is 2.40. The molecule has 1 saturated heterocycles. The number of halogens is 2. The molecule has 0 unspecified atom stereocenters. The number of aromatic nitrogens is 1. The summed E-state index contributed by atoms with van der Waals surface area (Å²) in [4.78, 5) is 45.3. The van der Waals surface area contributed by atoms with Gasteiger partial charge in [0.15, 0.2) is 5.60 Å². The Morgan fingerprint density at radius 1 is 1.19 bits per heavy atom. The van der Waals surface area contributed by atoms with E-state index in [4.69, 9.17) is 26.2 Å². The molecule has 42 heavy (non-hydrogen) atoms. The first-order chi connectivity index (χ1) is 19.9. The van der Waals surface area contributed by atoms with Crippen molar-refractivity contribution >= 4 is 35.1 Å². The van der Waals surface area contributed by atoms with E-state index in [2.05, 4.69) is 4.98 Å². The van der Waals surface area contributed by atoms with Crippen molar-refractivity contribution in [3.63, 3.8) is 0 Å². The Bertz CT molecular complexity index is 1540. The molecule has 0 aliphatic carbocycles. The summed E-state index contributed by atoms with van der Waals surface area (Å²) in [5.74, 6) is -1.56. The number of carbonyl (C=O) groups excluding carboxylic acids is 2. The number of carbonyl (C=O) groups is 3. The SMILES string of the molecule is C[C@H](CC(=O)O)Oc1ccccc1-c1ccc(C(=O)N2CCC(N3C(=O)C(C)(C)Oc4ncc(Cl)cc43)CC2)c(F)c1. The van der Waals surface area contributed by atoms with E-state index >= 15 is 4.39 Å². The highest BCUT2D eigenvalue weighted by Gasteiger charge is 2.45. The summed E-state index contributed by atoms with van der Waals surface area (Å²) in [7, 11) is 0. The lowest BCUT2D eigenvalue weighted by atomic mass is 9.96. The number of aliphatic carboxylic acids is 1. The second-order valence-electron chi connectivity index (χ2n) is 11.0. The fraction of sp³-hybridized carbons (Fsp3) is 0.355. The predicted octanol–water partition coefficient (Wildman–Crippen LogP) is 5.59. The van der Waals surface area contributed by atoms with Crippen LogP contribution in [0.2, 0.25) is 5.02 Å². The number of benzene rings is 2. The Balaban J connectivity index is 1.30. The minimum atomic E-state index is -1.11. The van der Waals surface area contributed by atoms with E-state index in [-0.39, 0.29) is 23.9 Å². The zero-order valence-electron chi connectivity index (χ0n) is 23.5. The Labute approximate surface area is 247 Å². The van der Waals surface area contributed by atoms with Crippen molar-refractivity contribution < 1.29 is 33.4 Å². The van der Waals surface area contributed by atoms with Crippen LogP contribution in [0.5, 0.6) is 11.6 Å². The van der Waals surface area contributed by atoms with Crippen molar-refractivity contribution in [2.24, 2.45) is 0 Å². The Morgan fingerprint density at radius 2 is 1.90 bits per heavy atom. The van der Waals surface area contributed by atoms with Crippen molar-refractivity contribution in [3.05, 3.63) is 71.1 Å². The van der Waals surface area contributed by atoms with Gasteiger partial charge in [-0.2, -0.15) is 0 Å². The van der Waals surface area contributed by atoms with Crippen molar-refractivity contribution in [3.8, 4) is 22.8 Å². The third kappa shape index (κ3) is 5.90. The number of likely N-dealkylation sites (tertiary alicyclic amines) is 1. The molecule has 2 aliphatic heterocycles. The number of nitrogens with zero attached hydrogens (tertiary/aromatic N) is 3. The molecule has 9 nitrogen and oxygen atoms in total. The number of para-hydroxylation sites is 1. The summed E-state index contributed by atoms with van der Waals surface area (Å²) in [6.45, 7) is 5.69. The van der Waals surface area contributed by atoms with Crippen LogP contribution in [0.3, 0.4) is 0 Å². The molecule has 1 N–H and O–H groups in total. The topological polar surface area (TPSA) is 109 Å². The third-order valence-corrected chi connectivity index (χ3v) is 7.66. The number of carboxylic acids is 1. The monoisotopic (exact) mass is 595 g/mol. The van der Waals surface area contributed by atoms with Crippen LogP contribution in [0.25, 0.3) is 11.1 Å². The summed E-state index contributed by atoms with van der Waals surface area (Å²) in [6.07, 6.45) is 1.67. The molecule has 11 heteroatoms. The van der Waals surface area contributed by atoms with E-state index in [1.807, 2.05) is 0 Å². The molecule has 2 amide bonds. The molecule has 1 fully saturated rings. The number of rotatable bonds is 7. The van der Waals surface area contributed by atoms with Gasteiger partial charge in [-0.05, 0) is 63.4 Å². The van der Waals surface area contributed by atoms with Crippen LogP contribution in [0.1, 0.15) is 50.4 Å². The fourth-order valence-electron chi connectivity index (χ4n) is 5.38. The van der Waals surface area contributed by atoms with Crippen LogP contribution in [0.4, 0.5) is 10.1 Å². The Hall–Kier alpha value is -4.18. The predicted molar refractivity (Wildman–Crippen MR) is 155 cm³/mol. The molecule has 220 valence electrons. The second-order valence-corrected chi connectivity index (χ2v) is 11.4. The van der Waals surface area contributed by atoms with Gasteiger partial charge in [0.1, 0.15) is 23.4 Å². The summed E-state index contributed by atoms with van der Waals surface area (Å²) >= 11 is 6.17. The molecule has 1 aromatic heterocycles. The molecule has 0 radical (unpaired) electrons. The molecule has 0 saturated carbocycles. The van der Waals surface area contributed by atoms with Crippen LogP contribution in [-0.4, -0.2) is 63.6 Å².